The predicted molar refractivity (Wildman–Crippen MR) is 69.6 cm³/mol. The summed E-state index contributed by atoms with van der Waals surface area (Å²) in [6, 6.07) is 0. The number of rotatable bonds is 9. The number of nitrogens with one attached hydrogen (secondary N) is 1. The molecule has 0 rings (SSSR count). The van der Waals surface area contributed by atoms with Crippen molar-refractivity contribution in [2.75, 3.05) is 20.3 Å². The minimum atomic E-state index is -4.04. The molecule has 2 unspecified atom stereocenters. The Morgan fingerprint density at radius 3 is 2.37 bits per heavy atom. The van der Waals surface area contributed by atoms with E-state index in [0.29, 0.717) is 13.0 Å². The van der Waals surface area contributed by atoms with Gasteiger partial charge in [0.05, 0.1) is 0 Å². The molecule has 0 aliphatic carbocycles. The Kier molecular flexibility index (Phi) is 7.62. The van der Waals surface area contributed by atoms with Crippen molar-refractivity contribution in [3.63, 3.8) is 0 Å². The molecule has 1 amide bonds. The Hall–Kier alpha value is -1.15. The minimum Gasteiger partial charge on any atom is -0.480 e. The highest BCUT2D eigenvalue weighted by Gasteiger charge is 2.38. The number of carboxylic acid groups (broad SMARTS) is 1. The average Bonchev–Trinajstić information content (AvgIpc) is 2.33. The summed E-state index contributed by atoms with van der Waals surface area (Å²) >= 11 is 0. The van der Waals surface area contributed by atoms with Crippen LogP contribution in [0.2, 0.25) is 0 Å². The minimum absolute atomic E-state index is 0.0705. The number of sulfone groups is 1. The van der Waals surface area contributed by atoms with Gasteiger partial charge in [-0.15, -0.1) is 0 Å². The van der Waals surface area contributed by atoms with E-state index in [2.05, 4.69) is 5.32 Å². The monoisotopic (exact) mass is 295 g/mol. The van der Waals surface area contributed by atoms with Gasteiger partial charge in [-0.3, -0.25) is 9.59 Å². The highest BCUT2D eigenvalue weighted by molar-refractivity contribution is 7.94. The Balaban J connectivity index is 4.65. The van der Waals surface area contributed by atoms with E-state index in [1.807, 2.05) is 0 Å². The summed E-state index contributed by atoms with van der Waals surface area (Å²) in [5.41, 5.74) is 0. The first-order valence-corrected chi connectivity index (χ1v) is 7.62. The van der Waals surface area contributed by atoms with Crippen LogP contribution in [0.15, 0.2) is 0 Å². The van der Waals surface area contributed by atoms with Crippen molar-refractivity contribution in [3.05, 3.63) is 0 Å². The smallest absolute Gasteiger partial charge is 0.321 e. The van der Waals surface area contributed by atoms with E-state index in [9.17, 15) is 18.0 Å². The molecular weight excluding hydrogens is 274 g/mol. The van der Waals surface area contributed by atoms with Gasteiger partial charge in [-0.1, -0.05) is 6.92 Å². The Bertz CT molecular complexity index is 405. The molecule has 0 heterocycles. The molecule has 112 valence electrons. The van der Waals surface area contributed by atoms with Crippen LogP contribution in [0.5, 0.6) is 0 Å². The van der Waals surface area contributed by atoms with E-state index < -0.39 is 32.2 Å². The van der Waals surface area contributed by atoms with Crippen LogP contribution in [0.3, 0.4) is 0 Å². The summed E-state index contributed by atoms with van der Waals surface area (Å²) in [4.78, 5) is 22.5. The standard InChI is InChI=1S/C11H21NO6S/c1-4-9(11(14)15)19(16,17)8(2)10(13)12-6-5-7-18-3/h8-9H,4-7H2,1-3H3,(H,12,13)(H,14,15). The summed E-state index contributed by atoms with van der Waals surface area (Å²) in [5, 5.41) is 8.38. The number of hydrogen-bond donors (Lipinski definition) is 2. The van der Waals surface area contributed by atoms with E-state index in [-0.39, 0.29) is 13.0 Å². The van der Waals surface area contributed by atoms with Crippen molar-refractivity contribution >= 4 is 21.7 Å². The number of carbonyl (C=O) groups excluding carboxylic acids is 1. The molecular formula is C11H21NO6S. The summed E-state index contributed by atoms with van der Waals surface area (Å²) in [7, 11) is -2.51. The molecule has 19 heavy (non-hydrogen) atoms. The second-order valence-corrected chi connectivity index (χ2v) is 6.56. The number of aliphatic carboxylic acids is 1. The van der Waals surface area contributed by atoms with Crippen LogP contribution >= 0.6 is 0 Å². The molecule has 0 bridgehead atoms. The fourth-order valence-electron chi connectivity index (χ4n) is 1.51. The summed E-state index contributed by atoms with van der Waals surface area (Å²) in [5.74, 6) is -2.11. The first kappa shape index (κ1) is 17.8. The molecule has 0 aromatic heterocycles. The van der Waals surface area contributed by atoms with Crippen LogP contribution in [-0.4, -0.2) is 56.2 Å². The molecule has 0 radical (unpaired) electrons. The largest absolute Gasteiger partial charge is 0.480 e. The molecule has 0 saturated carbocycles. The van der Waals surface area contributed by atoms with E-state index in [1.165, 1.54) is 21.0 Å². The fourth-order valence-corrected chi connectivity index (χ4v) is 3.14. The molecule has 0 aromatic rings. The van der Waals surface area contributed by atoms with Gasteiger partial charge in [-0.2, -0.15) is 0 Å². The lowest BCUT2D eigenvalue weighted by Gasteiger charge is -2.17. The first-order chi connectivity index (χ1) is 8.78. The number of hydrogen-bond acceptors (Lipinski definition) is 5. The summed E-state index contributed by atoms with van der Waals surface area (Å²) in [6.45, 7) is 3.40. The molecule has 0 aliphatic rings. The molecule has 2 N–H and O–H groups in total. The van der Waals surface area contributed by atoms with E-state index in [1.54, 1.807) is 0 Å². The lowest BCUT2D eigenvalue weighted by Crippen LogP contribution is -2.44. The van der Waals surface area contributed by atoms with Gasteiger partial charge in [0, 0.05) is 20.3 Å². The van der Waals surface area contributed by atoms with Gasteiger partial charge < -0.3 is 15.2 Å². The SMILES string of the molecule is CCC(C(=O)O)S(=O)(=O)C(C)C(=O)NCCCOC. The lowest BCUT2D eigenvalue weighted by molar-refractivity contribution is -0.136. The van der Waals surface area contributed by atoms with Crippen molar-refractivity contribution in [2.24, 2.45) is 0 Å². The summed E-state index contributed by atoms with van der Waals surface area (Å²) < 4.78 is 28.7. The van der Waals surface area contributed by atoms with E-state index >= 15 is 0 Å². The maximum Gasteiger partial charge on any atom is 0.321 e. The molecule has 0 saturated heterocycles. The van der Waals surface area contributed by atoms with Gasteiger partial charge in [-0.05, 0) is 19.8 Å². The Morgan fingerprint density at radius 2 is 1.95 bits per heavy atom. The quantitative estimate of drug-likeness (QED) is 0.570. The molecule has 0 aromatic carbocycles. The normalized spacial score (nSPS) is 14.7. The molecule has 8 heteroatoms. The van der Waals surface area contributed by atoms with Crippen LogP contribution in [0.1, 0.15) is 26.7 Å². The van der Waals surface area contributed by atoms with Crippen LogP contribution in [0, 0.1) is 0 Å². The number of amides is 1. The van der Waals surface area contributed by atoms with Gasteiger partial charge in [0.1, 0.15) is 5.25 Å². The van der Waals surface area contributed by atoms with Crippen molar-refractivity contribution in [3.8, 4) is 0 Å². The molecule has 2 atom stereocenters. The zero-order valence-corrected chi connectivity index (χ0v) is 12.2. The van der Waals surface area contributed by atoms with Crippen LogP contribution in [0.4, 0.5) is 0 Å². The zero-order chi connectivity index (χ0) is 15.1. The third-order valence-electron chi connectivity index (χ3n) is 2.73. The Morgan fingerprint density at radius 1 is 1.37 bits per heavy atom. The van der Waals surface area contributed by atoms with Crippen molar-refractivity contribution in [2.45, 2.75) is 37.2 Å². The topological polar surface area (TPSA) is 110 Å². The van der Waals surface area contributed by atoms with Gasteiger partial charge in [-0.25, -0.2) is 8.42 Å². The van der Waals surface area contributed by atoms with Crippen LogP contribution < -0.4 is 5.32 Å². The number of carboxylic acids is 1. The molecule has 0 spiro atoms. The highest BCUT2D eigenvalue weighted by atomic mass is 32.2. The van der Waals surface area contributed by atoms with Crippen molar-refractivity contribution in [1.82, 2.24) is 5.32 Å². The molecule has 0 aliphatic heterocycles. The maximum atomic E-state index is 12.0. The van der Waals surface area contributed by atoms with Crippen molar-refractivity contribution in [1.29, 1.82) is 0 Å². The van der Waals surface area contributed by atoms with Gasteiger partial charge in [0.2, 0.25) is 5.91 Å². The zero-order valence-electron chi connectivity index (χ0n) is 11.4. The number of ether oxygens (including phenoxy) is 1. The van der Waals surface area contributed by atoms with Crippen LogP contribution in [-0.2, 0) is 24.2 Å². The predicted octanol–water partition coefficient (Wildman–Crippen LogP) is -0.194. The van der Waals surface area contributed by atoms with Gasteiger partial charge in [0.25, 0.3) is 0 Å². The summed E-state index contributed by atoms with van der Waals surface area (Å²) in [6.07, 6.45) is 0.490. The van der Waals surface area contributed by atoms with E-state index in [0.717, 1.165) is 0 Å². The van der Waals surface area contributed by atoms with Crippen LogP contribution in [0.25, 0.3) is 0 Å². The van der Waals surface area contributed by atoms with Gasteiger partial charge >= 0.3 is 5.97 Å². The number of carbonyl (C=O) groups is 2. The molecule has 7 nitrogen and oxygen atoms in total. The average molecular weight is 295 g/mol. The fraction of sp³-hybridized carbons (Fsp3) is 0.818. The molecule has 0 fully saturated rings. The Labute approximate surface area is 113 Å². The third-order valence-corrected chi connectivity index (χ3v) is 5.26. The lowest BCUT2D eigenvalue weighted by atomic mass is 10.3. The second kappa shape index (κ2) is 8.11. The van der Waals surface area contributed by atoms with E-state index in [4.69, 9.17) is 9.84 Å². The second-order valence-electron chi connectivity index (χ2n) is 4.10. The number of methoxy groups -OCH3 is 1. The first-order valence-electron chi connectivity index (χ1n) is 6.01. The van der Waals surface area contributed by atoms with Gasteiger partial charge in [0.15, 0.2) is 15.1 Å². The maximum absolute atomic E-state index is 12.0. The highest BCUT2D eigenvalue weighted by Crippen LogP contribution is 2.13. The third kappa shape index (κ3) is 5.15. The van der Waals surface area contributed by atoms with Crippen molar-refractivity contribution < 1.29 is 27.9 Å².